The molecule has 0 aliphatic carbocycles. The fourth-order valence-corrected chi connectivity index (χ4v) is 4.02. The number of halogens is 1. The summed E-state index contributed by atoms with van der Waals surface area (Å²) in [5, 5.41) is 0. The Bertz CT molecular complexity index is 1290. The van der Waals surface area contributed by atoms with E-state index in [-0.39, 0.29) is 23.5 Å². The third-order valence-electron chi connectivity index (χ3n) is 5.70. The van der Waals surface area contributed by atoms with Crippen LogP contribution in [0, 0.1) is 5.82 Å². The molecule has 170 valence electrons. The summed E-state index contributed by atoms with van der Waals surface area (Å²) in [7, 11) is 0. The van der Waals surface area contributed by atoms with Crippen LogP contribution in [0.25, 0.3) is 11.3 Å². The Kier molecular flexibility index (Phi) is 6.15. The monoisotopic (exact) mass is 456 g/mol. The molecule has 3 aromatic heterocycles. The standard InChI is InChI=1S/C25H21FN6O2/c26-20-5-1-2-6-22(20)34-24-23(29-9-10-30-24)18-4-3-11-32(15-18)25(33)17-7-8-21(31-14-17)19-12-27-16-28-13-19/h1-2,5-10,12-14,16,18H,3-4,11,15H2. The van der Waals surface area contributed by atoms with Gasteiger partial charge < -0.3 is 9.64 Å². The number of piperidine rings is 1. The minimum absolute atomic E-state index is 0.0816. The second-order valence-electron chi connectivity index (χ2n) is 7.93. The number of pyridine rings is 1. The zero-order valence-electron chi connectivity index (χ0n) is 18.2. The van der Waals surface area contributed by atoms with E-state index in [0.29, 0.717) is 30.0 Å². The zero-order chi connectivity index (χ0) is 23.3. The molecule has 0 radical (unpaired) electrons. The van der Waals surface area contributed by atoms with Crippen molar-refractivity contribution in [3.63, 3.8) is 0 Å². The number of carbonyl (C=O) groups is 1. The van der Waals surface area contributed by atoms with Crippen LogP contribution in [0.1, 0.15) is 34.8 Å². The average molecular weight is 456 g/mol. The van der Waals surface area contributed by atoms with Gasteiger partial charge in [-0.2, -0.15) is 0 Å². The fraction of sp³-hybridized carbons (Fsp3) is 0.200. The number of aromatic nitrogens is 5. The van der Waals surface area contributed by atoms with Gasteiger partial charge in [0, 0.05) is 55.6 Å². The third kappa shape index (κ3) is 4.59. The molecule has 1 amide bonds. The van der Waals surface area contributed by atoms with Gasteiger partial charge in [0.15, 0.2) is 11.6 Å². The van der Waals surface area contributed by atoms with Gasteiger partial charge >= 0.3 is 0 Å². The minimum Gasteiger partial charge on any atom is -0.434 e. The summed E-state index contributed by atoms with van der Waals surface area (Å²) < 4.78 is 19.9. The molecule has 9 heteroatoms. The number of amides is 1. The highest BCUT2D eigenvalue weighted by atomic mass is 19.1. The van der Waals surface area contributed by atoms with Gasteiger partial charge in [-0.3, -0.25) is 14.8 Å². The van der Waals surface area contributed by atoms with Crippen molar-refractivity contribution in [3.05, 3.63) is 90.8 Å². The summed E-state index contributed by atoms with van der Waals surface area (Å²) >= 11 is 0. The first-order chi connectivity index (χ1) is 16.7. The molecule has 5 rings (SSSR count). The SMILES string of the molecule is O=C(c1ccc(-c2cncnc2)nc1)N1CCCC(c2nccnc2Oc2ccccc2F)C1. The first kappa shape index (κ1) is 21.6. The molecular formula is C25H21FN6O2. The van der Waals surface area contributed by atoms with Crippen LogP contribution in [0.3, 0.4) is 0 Å². The van der Waals surface area contributed by atoms with Crippen LogP contribution in [0.5, 0.6) is 11.6 Å². The van der Waals surface area contributed by atoms with Gasteiger partial charge in [-0.05, 0) is 37.1 Å². The van der Waals surface area contributed by atoms with Crippen molar-refractivity contribution in [2.24, 2.45) is 0 Å². The molecule has 4 heterocycles. The molecule has 8 nitrogen and oxygen atoms in total. The summed E-state index contributed by atoms with van der Waals surface area (Å²) in [6.45, 7) is 1.09. The molecule has 34 heavy (non-hydrogen) atoms. The maximum atomic E-state index is 14.1. The number of rotatable bonds is 5. The molecule has 4 aromatic rings. The third-order valence-corrected chi connectivity index (χ3v) is 5.70. The first-order valence-corrected chi connectivity index (χ1v) is 10.9. The Hall–Kier alpha value is -4.27. The largest absolute Gasteiger partial charge is 0.434 e. The van der Waals surface area contributed by atoms with Gasteiger partial charge in [0.1, 0.15) is 12.0 Å². The van der Waals surface area contributed by atoms with Crippen LogP contribution in [-0.4, -0.2) is 48.8 Å². The van der Waals surface area contributed by atoms with Gasteiger partial charge in [0.25, 0.3) is 5.91 Å². The summed E-state index contributed by atoms with van der Waals surface area (Å²) in [5.41, 5.74) is 2.59. The smallest absolute Gasteiger partial charge is 0.255 e. The van der Waals surface area contributed by atoms with Gasteiger partial charge in [-0.25, -0.2) is 19.3 Å². The molecule has 0 spiro atoms. The Morgan fingerprint density at radius 2 is 1.82 bits per heavy atom. The number of ether oxygens (including phenoxy) is 1. The van der Waals surface area contributed by atoms with Gasteiger partial charge in [0.2, 0.25) is 5.88 Å². The Morgan fingerprint density at radius 1 is 1.00 bits per heavy atom. The highest BCUT2D eigenvalue weighted by Gasteiger charge is 2.29. The van der Waals surface area contributed by atoms with E-state index in [9.17, 15) is 9.18 Å². The molecule has 1 unspecified atom stereocenters. The van der Waals surface area contributed by atoms with Gasteiger partial charge in [0.05, 0.1) is 11.3 Å². The summed E-state index contributed by atoms with van der Waals surface area (Å²) in [6, 6.07) is 9.71. The summed E-state index contributed by atoms with van der Waals surface area (Å²) in [4.78, 5) is 36.1. The van der Waals surface area contributed by atoms with Crippen molar-refractivity contribution in [2.75, 3.05) is 13.1 Å². The van der Waals surface area contributed by atoms with Crippen molar-refractivity contribution in [1.82, 2.24) is 29.8 Å². The number of hydrogen-bond donors (Lipinski definition) is 0. The van der Waals surface area contributed by atoms with Crippen molar-refractivity contribution in [2.45, 2.75) is 18.8 Å². The lowest BCUT2D eigenvalue weighted by molar-refractivity contribution is 0.0704. The molecule has 1 aliphatic heterocycles. The number of carbonyl (C=O) groups excluding carboxylic acids is 1. The quantitative estimate of drug-likeness (QED) is 0.442. The number of benzene rings is 1. The molecule has 1 aliphatic rings. The highest BCUT2D eigenvalue weighted by molar-refractivity contribution is 5.94. The molecular weight excluding hydrogens is 435 g/mol. The first-order valence-electron chi connectivity index (χ1n) is 10.9. The van der Waals surface area contributed by atoms with Crippen LogP contribution >= 0.6 is 0 Å². The number of para-hydroxylation sites is 1. The predicted molar refractivity (Wildman–Crippen MR) is 122 cm³/mol. The molecule has 1 saturated heterocycles. The molecule has 1 fully saturated rings. The van der Waals surface area contributed by atoms with E-state index >= 15 is 0 Å². The van der Waals surface area contributed by atoms with Crippen LogP contribution in [-0.2, 0) is 0 Å². The second kappa shape index (κ2) is 9.70. The average Bonchev–Trinajstić information content (AvgIpc) is 2.90. The number of hydrogen-bond acceptors (Lipinski definition) is 7. The highest BCUT2D eigenvalue weighted by Crippen LogP contribution is 2.33. The topological polar surface area (TPSA) is 94.0 Å². The second-order valence-corrected chi connectivity index (χ2v) is 7.93. The van der Waals surface area contributed by atoms with E-state index in [1.807, 2.05) is 0 Å². The van der Waals surface area contributed by atoms with E-state index in [4.69, 9.17) is 4.74 Å². The maximum Gasteiger partial charge on any atom is 0.255 e. The van der Waals surface area contributed by atoms with Gasteiger partial charge in [-0.1, -0.05) is 12.1 Å². The van der Waals surface area contributed by atoms with E-state index in [2.05, 4.69) is 24.9 Å². The Morgan fingerprint density at radius 3 is 2.62 bits per heavy atom. The predicted octanol–water partition coefficient (Wildman–Crippen LogP) is 4.28. The van der Waals surface area contributed by atoms with E-state index in [1.54, 1.807) is 60.0 Å². The van der Waals surface area contributed by atoms with Crippen LogP contribution in [0.2, 0.25) is 0 Å². The van der Waals surface area contributed by atoms with Crippen molar-refractivity contribution >= 4 is 5.91 Å². The molecule has 0 bridgehead atoms. The van der Waals surface area contributed by atoms with Crippen LogP contribution in [0.15, 0.2) is 73.7 Å². The van der Waals surface area contributed by atoms with Crippen molar-refractivity contribution in [3.8, 4) is 22.9 Å². The molecule has 1 aromatic carbocycles. The summed E-state index contributed by atoms with van der Waals surface area (Å²) in [6.07, 6.45) is 11.1. The van der Waals surface area contributed by atoms with Crippen LogP contribution in [0.4, 0.5) is 4.39 Å². The van der Waals surface area contributed by atoms with Gasteiger partial charge in [-0.15, -0.1) is 0 Å². The summed E-state index contributed by atoms with van der Waals surface area (Å²) in [5.74, 6) is -0.320. The minimum atomic E-state index is -0.474. The van der Waals surface area contributed by atoms with E-state index in [1.165, 1.54) is 18.6 Å². The van der Waals surface area contributed by atoms with Crippen molar-refractivity contribution in [1.29, 1.82) is 0 Å². The number of nitrogens with zero attached hydrogens (tertiary/aromatic N) is 6. The molecule has 0 N–H and O–H groups in total. The molecule has 1 atom stereocenters. The zero-order valence-corrected chi connectivity index (χ0v) is 18.2. The fourth-order valence-electron chi connectivity index (χ4n) is 4.02. The normalized spacial score (nSPS) is 15.7. The Labute approximate surface area is 195 Å². The van der Waals surface area contributed by atoms with Crippen LogP contribution < -0.4 is 4.74 Å². The molecule has 0 saturated carbocycles. The lowest BCUT2D eigenvalue weighted by Crippen LogP contribution is -2.39. The number of likely N-dealkylation sites (tertiary alicyclic amines) is 1. The lowest BCUT2D eigenvalue weighted by Gasteiger charge is -2.32. The van der Waals surface area contributed by atoms with E-state index < -0.39 is 5.82 Å². The van der Waals surface area contributed by atoms with Crippen molar-refractivity contribution < 1.29 is 13.9 Å². The lowest BCUT2D eigenvalue weighted by atomic mass is 9.94. The van der Waals surface area contributed by atoms with E-state index in [0.717, 1.165) is 18.4 Å². The maximum absolute atomic E-state index is 14.1. The Balaban J connectivity index is 1.33.